The second-order valence-corrected chi connectivity index (χ2v) is 5.05. The van der Waals surface area contributed by atoms with Crippen molar-refractivity contribution >= 4 is 5.69 Å². The van der Waals surface area contributed by atoms with Gasteiger partial charge in [-0.2, -0.15) is 0 Å². The van der Waals surface area contributed by atoms with Gasteiger partial charge in [-0.15, -0.1) is 0 Å². The van der Waals surface area contributed by atoms with Crippen molar-refractivity contribution in [3.8, 4) is 0 Å². The van der Waals surface area contributed by atoms with Gasteiger partial charge in [0, 0.05) is 38.5 Å². The lowest BCUT2D eigenvalue weighted by molar-refractivity contribution is 0.144. The Morgan fingerprint density at radius 3 is 2.79 bits per heavy atom. The molecule has 0 saturated carbocycles. The summed E-state index contributed by atoms with van der Waals surface area (Å²) in [6.07, 6.45) is 3.74. The summed E-state index contributed by atoms with van der Waals surface area (Å²) in [6, 6.07) is 8.77. The third-order valence-corrected chi connectivity index (χ3v) is 3.60. The lowest BCUT2D eigenvalue weighted by Gasteiger charge is -2.21. The van der Waals surface area contributed by atoms with E-state index in [0.29, 0.717) is 0 Å². The highest BCUT2D eigenvalue weighted by Crippen LogP contribution is 2.24. The first-order valence-electron chi connectivity index (χ1n) is 7.53. The van der Waals surface area contributed by atoms with Gasteiger partial charge in [0.1, 0.15) is 0 Å². The summed E-state index contributed by atoms with van der Waals surface area (Å²) in [5, 5.41) is 3.52. The van der Waals surface area contributed by atoms with Crippen molar-refractivity contribution < 1.29 is 4.74 Å². The zero-order valence-electron chi connectivity index (χ0n) is 12.0. The number of rotatable bonds is 8. The molecule has 0 bridgehead atoms. The normalized spacial score (nSPS) is 15.1. The quantitative estimate of drug-likeness (QED) is 0.729. The van der Waals surface area contributed by atoms with Crippen LogP contribution in [-0.4, -0.2) is 32.8 Å². The van der Waals surface area contributed by atoms with E-state index in [0.717, 1.165) is 32.7 Å². The number of hydrogen-bond donors (Lipinski definition) is 1. The minimum atomic E-state index is 0.817. The molecule has 0 spiro atoms. The summed E-state index contributed by atoms with van der Waals surface area (Å²) >= 11 is 0. The number of benzene rings is 1. The first-order chi connectivity index (χ1) is 9.42. The van der Waals surface area contributed by atoms with E-state index < -0.39 is 0 Å². The van der Waals surface area contributed by atoms with Crippen molar-refractivity contribution in [3.63, 3.8) is 0 Å². The lowest BCUT2D eigenvalue weighted by atomic mass is 10.1. The maximum atomic E-state index is 5.34. The van der Waals surface area contributed by atoms with Gasteiger partial charge >= 0.3 is 0 Å². The summed E-state index contributed by atoms with van der Waals surface area (Å²) in [6.45, 7) is 8.12. The highest BCUT2D eigenvalue weighted by atomic mass is 16.5. The molecule has 106 valence electrons. The van der Waals surface area contributed by atoms with Gasteiger partial charge in [0.25, 0.3) is 0 Å². The average Bonchev–Trinajstić information content (AvgIpc) is 2.97. The number of nitrogens with zero attached hydrogens (tertiary/aromatic N) is 1. The topological polar surface area (TPSA) is 24.5 Å². The van der Waals surface area contributed by atoms with Gasteiger partial charge < -0.3 is 15.0 Å². The second kappa shape index (κ2) is 8.18. The fraction of sp³-hybridized carbons (Fsp3) is 0.625. The van der Waals surface area contributed by atoms with Crippen molar-refractivity contribution in [1.29, 1.82) is 0 Å². The monoisotopic (exact) mass is 262 g/mol. The van der Waals surface area contributed by atoms with Gasteiger partial charge in [0.15, 0.2) is 0 Å². The van der Waals surface area contributed by atoms with Gasteiger partial charge in [-0.05, 0) is 44.4 Å². The van der Waals surface area contributed by atoms with E-state index in [9.17, 15) is 0 Å². The van der Waals surface area contributed by atoms with Crippen molar-refractivity contribution in [3.05, 3.63) is 29.8 Å². The maximum absolute atomic E-state index is 5.34. The molecule has 0 amide bonds. The molecule has 1 N–H and O–H groups in total. The van der Waals surface area contributed by atoms with Crippen LogP contribution in [0, 0.1) is 0 Å². The van der Waals surface area contributed by atoms with Crippen LogP contribution in [0.2, 0.25) is 0 Å². The largest absolute Gasteiger partial charge is 0.382 e. The molecule has 0 aromatic heterocycles. The molecule has 1 fully saturated rings. The molecule has 1 aromatic carbocycles. The summed E-state index contributed by atoms with van der Waals surface area (Å²) in [4.78, 5) is 2.51. The predicted molar refractivity (Wildman–Crippen MR) is 80.7 cm³/mol. The van der Waals surface area contributed by atoms with Crippen LogP contribution in [0.4, 0.5) is 5.69 Å². The molecular weight excluding hydrogens is 236 g/mol. The van der Waals surface area contributed by atoms with Gasteiger partial charge in [-0.25, -0.2) is 0 Å². The molecule has 0 atom stereocenters. The summed E-state index contributed by atoms with van der Waals surface area (Å²) in [5.41, 5.74) is 2.83. The van der Waals surface area contributed by atoms with Gasteiger partial charge in [-0.3, -0.25) is 0 Å². The Morgan fingerprint density at radius 1 is 1.21 bits per heavy atom. The molecule has 1 aliphatic heterocycles. The predicted octanol–water partition coefficient (Wildman–Crippen LogP) is 2.80. The molecule has 1 aliphatic rings. The van der Waals surface area contributed by atoms with Crippen LogP contribution in [0.1, 0.15) is 31.7 Å². The number of nitrogens with one attached hydrogen (secondary N) is 1. The number of para-hydroxylation sites is 1. The molecule has 1 aromatic rings. The van der Waals surface area contributed by atoms with Gasteiger partial charge in [-0.1, -0.05) is 18.2 Å². The Bertz CT molecular complexity index is 362. The smallest absolute Gasteiger partial charge is 0.0477 e. The van der Waals surface area contributed by atoms with Gasteiger partial charge in [0.2, 0.25) is 0 Å². The SMILES string of the molecule is CCOCCCNCc1ccccc1N1CCCC1. The Balaban J connectivity index is 1.79. The highest BCUT2D eigenvalue weighted by molar-refractivity contribution is 5.54. The molecule has 0 radical (unpaired) electrons. The molecule has 3 nitrogen and oxygen atoms in total. The first-order valence-corrected chi connectivity index (χ1v) is 7.53. The van der Waals surface area contributed by atoms with Crippen LogP contribution >= 0.6 is 0 Å². The van der Waals surface area contributed by atoms with Crippen molar-refractivity contribution in [1.82, 2.24) is 5.32 Å². The van der Waals surface area contributed by atoms with Crippen LogP contribution in [0.15, 0.2) is 24.3 Å². The van der Waals surface area contributed by atoms with E-state index in [4.69, 9.17) is 4.74 Å². The zero-order valence-corrected chi connectivity index (χ0v) is 12.0. The lowest BCUT2D eigenvalue weighted by Crippen LogP contribution is -2.22. The van der Waals surface area contributed by atoms with Crippen molar-refractivity contribution in [2.75, 3.05) is 37.7 Å². The fourth-order valence-corrected chi connectivity index (χ4v) is 2.59. The molecule has 1 saturated heterocycles. The van der Waals surface area contributed by atoms with Crippen LogP contribution in [-0.2, 0) is 11.3 Å². The fourth-order valence-electron chi connectivity index (χ4n) is 2.59. The third-order valence-electron chi connectivity index (χ3n) is 3.60. The standard InChI is InChI=1S/C16H26N2O/c1-2-19-13-7-10-17-14-15-8-3-4-9-16(15)18-11-5-6-12-18/h3-4,8-9,17H,2,5-7,10-14H2,1H3. The first kappa shape index (κ1) is 14.4. The number of ether oxygens (including phenoxy) is 1. The summed E-state index contributed by atoms with van der Waals surface area (Å²) < 4.78 is 5.34. The number of anilines is 1. The Labute approximate surface area is 116 Å². The maximum Gasteiger partial charge on any atom is 0.0477 e. The molecule has 1 heterocycles. The molecule has 0 aliphatic carbocycles. The minimum Gasteiger partial charge on any atom is -0.382 e. The molecule has 19 heavy (non-hydrogen) atoms. The Morgan fingerprint density at radius 2 is 2.00 bits per heavy atom. The summed E-state index contributed by atoms with van der Waals surface area (Å²) in [5.74, 6) is 0. The van der Waals surface area contributed by atoms with E-state index in [1.807, 2.05) is 6.92 Å². The second-order valence-electron chi connectivity index (χ2n) is 5.05. The van der Waals surface area contributed by atoms with Crippen LogP contribution < -0.4 is 10.2 Å². The van der Waals surface area contributed by atoms with E-state index in [1.165, 1.54) is 37.2 Å². The van der Waals surface area contributed by atoms with Crippen LogP contribution in [0.3, 0.4) is 0 Å². The minimum absolute atomic E-state index is 0.817. The molecule has 3 heteroatoms. The number of hydrogen-bond acceptors (Lipinski definition) is 3. The third kappa shape index (κ3) is 4.51. The van der Waals surface area contributed by atoms with E-state index in [2.05, 4.69) is 34.5 Å². The Kier molecular flexibility index (Phi) is 6.18. The molecule has 0 unspecified atom stereocenters. The zero-order chi connectivity index (χ0) is 13.3. The van der Waals surface area contributed by atoms with Crippen LogP contribution in [0.5, 0.6) is 0 Å². The summed E-state index contributed by atoms with van der Waals surface area (Å²) in [7, 11) is 0. The highest BCUT2D eigenvalue weighted by Gasteiger charge is 2.14. The molecule has 2 rings (SSSR count). The van der Waals surface area contributed by atoms with E-state index >= 15 is 0 Å². The Hall–Kier alpha value is -1.06. The van der Waals surface area contributed by atoms with Crippen molar-refractivity contribution in [2.45, 2.75) is 32.7 Å². The van der Waals surface area contributed by atoms with Gasteiger partial charge in [0.05, 0.1) is 0 Å². The van der Waals surface area contributed by atoms with E-state index in [1.54, 1.807) is 0 Å². The molecular formula is C16H26N2O. The van der Waals surface area contributed by atoms with E-state index in [-0.39, 0.29) is 0 Å². The van der Waals surface area contributed by atoms with Crippen molar-refractivity contribution in [2.24, 2.45) is 0 Å². The van der Waals surface area contributed by atoms with Crippen LogP contribution in [0.25, 0.3) is 0 Å². The average molecular weight is 262 g/mol.